The molecule has 0 N–H and O–H groups in total. The summed E-state index contributed by atoms with van der Waals surface area (Å²) in [4.78, 5) is 0. The van der Waals surface area contributed by atoms with Crippen molar-refractivity contribution in [1.29, 1.82) is 0 Å². The molecule has 0 bridgehead atoms. The summed E-state index contributed by atoms with van der Waals surface area (Å²) in [5.41, 5.74) is 0. The molecule has 1 aliphatic carbocycles. The van der Waals surface area contributed by atoms with Crippen molar-refractivity contribution >= 4 is 10.0 Å². The SMILES string of the molecule is CN(C1CCC2(CC1)OCCO2)S(=O)(=O)C1CCOCC1. The Morgan fingerprint density at radius 1 is 0.952 bits per heavy atom. The van der Waals surface area contributed by atoms with Crippen molar-refractivity contribution < 1.29 is 22.6 Å². The fourth-order valence-electron chi connectivity index (χ4n) is 3.61. The minimum atomic E-state index is -3.23. The van der Waals surface area contributed by atoms with Gasteiger partial charge in [-0.05, 0) is 25.7 Å². The van der Waals surface area contributed by atoms with Crippen LogP contribution in [0.2, 0.25) is 0 Å². The molecular weight excluding hydrogens is 294 g/mol. The minimum Gasteiger partial charge on any atom is -0.381 e. The average Bonchev–Trinajstić information content (AvgIpc) is 2.96. The Morgan fingerprint density at radius 3 is 2.10 bits per heavy atom. The molecule has 3 rings (SSSR count). The van der Waals surface area contributed by atoms with Gasteiger partial charge in [0.1, 0.15) is 0 Å². The maximum atomic E-state index is 12.7. The van der Waals surface area contributed by atoms with E-state index in [0.717, 1.165) is 25.7 Å². The summed E-state index contributed by atoms with van der Waals surface area (Å²) in [6, 6.07) is 0.0660. The average molecular weight is 319 g/mol. The molecule has 3 aliphatic rings. The molecule has 2 heterocycles. The summed E-state index contributed by atoms with van der Waals surface area (Å²) in [5.74, 6) is -0.431. The molecule has 1 saturated carbocycles. The Balaban J connectivity index is 1.61. The van der Waals surface area contributed by atoms with Crippen LogP contribution < -0.4 is 0 Å². The summed E-state index contributed by atoms with van der Waals surface area (Å²) < 4.78 is 43.7. The first kappa shape index (κ1) is 15.7. The lowest BCUT2D eigenvalue weighted by Gasteiger charge is -2.39. The fourth-order valence-corrected chi connectivity index (χ4v) is 5.49. The van der Waals surface area contributed by atoms with Gasteiger partial charge < -0.3 is 14.2 Å². The molecule has 0 radical (unpaired) electrons. The lowest BCUT2D eigenvalue weighted by Crippen LogP contribution is -2.48. The molecule has 6 nitrogen and oxygen atoms in total. The number of sulfonamides is 1. The van der Waals surface area contributed by atoms with Gasteiger partial charge in [0.05, 0.1) is 18.5 Å². The first-order valence-corrected chi connectivity index (χ1v) is 9.36. The Labute approximate surface area is 126 Å². The zero-order valence-corrected chi connectivity index (χ0v) is 13.4. The van der Waals surface area contributed by atoms with Crippen LogP contribution in [-0.2, 0) is 24.2 Å². The number of nitrogens with zero attached hydrogens (tertiary/aromatic N) is 1. The van der Waals surface area contributed by atoms with E-state index in [0.29, 0.717) is 39.3 Å². The van der Waals surface area contributed by atoms with Crippen LogP contribution in [0.15, 0.2) is 0 Å². The van der Waals surface area contributed by atoms with Crippen molar-refractivity contribution in [2.24, 2.45) is 0 Å². The molecule has 0 aromatic carbocycles. The molecule has 2 saturated heterocycles. The lowest BCUT2D eigenvalue weighted by atomic mass is 9.90. The second kappa shape index (κ2) is 6.12. The zero-order valence-electron chi connectivity index (χ0n) is 12.6. The van der Waals surface area contributed by atoms with Crippen LogP contribution in [0.3, 0.4) is 0 Å². The van der Waals surface area contributed by atoms with Crippen LogP contribution >= 0.6 is 0 Å². The van der Waals surface area contributed by atoms with Gasteiger partial charge in [0.15, 0.2) is 5.79 Å². The quantitative estimate of drug-likeness (QED) is 0.780. The van der Waals surface area contributed by atoms with Gasteiger partial charge in [-0.15, -0.1) is 0 Å². The fraction of sp³-hybridized carbons (Fsp3) is 1.00. The molecule has 1 spiro atoms. The number of ether oxygens (including phenoxy) is 3. The summed E-state index contributed by atoms with van der Waals surface area (Å²) in [5, 5.41) is -0.286. The van der Waals surface area contributed by atoms with E-state index in [1.54, 1.807) is 11.4 Å². The normalized spacial score (nSPS) is 28.5. The highest BCUT2D eigenvalue weighted by molar-refractivity contribution is 7.89. The van der Waals surface area contributed by atoms with Crippen molar-refractivity contribution in [3.63, 3.8) is 0 Å². The van der Waals surface area contributed by atoms with Crippen molar-refractivity contribution in [3.05, 3.63) is 0 Å². The molecule has 0 unspecified atom stereocenters. The second-order valence-corrected chi connectivity index (χ2v) is 8.48. The molecule has 7 heteroatoms. The topological polar surface area (TPSA) is 65.1 Å². The van der Waals surface area contributed by atoms with Gasteiger partial charge in [-0.3, -0.25) is 0 Å². The molecule has 0 aromatic heterocycles. The van der Waals surface area contributed by atoms with Crippen LogP contribution in [0.4, 0.5) is 0 Å². The van der Waals surface area contributed by atoms with E-state index in [4.69, 9.17) is 14.2 Å². The van der Waals surface area contributed by atoms with E-state index in [9.17, 15) is 8.42 Å². The van der Waals surface area contributed by atoms with E-state index < -0.39 is 15.8 Å². The number of hydrogen-bond donors (Lipinski definition) is 0. The van der Waals surface area contributed by atoms with Gasteiger partial charge in [0, 0.05) is 39.1 Å². The van der Waals surface area contributed by atoms with Gasteiger partial charge in [-0.25, -0.2) is 12.7 Å². The van der Waals surface area contributed by atoms with Gasteiger partial charge in [-0.1, -0.05) is 0 Å². The maximum absolute atomic E-state index is 12.7. The van der Waals surface area contributed by atoms with Crippen LogP contribution in [-0.4, -0.2) is 63.3 Å². The highest BCUT2D eigenvalue weighted by Crippen LogP contribution is 2.38. The molecule has 0 amide bonds. The lowest BCUT2D eigenvalue weighted by molar-refractivity contribution is -0.181. The highest BCUT2D eigenvalue weighted by atomic mass is 32.2. The van der Waals surface area contributed by atoms with Crippen LogP contribution in [0.1, 0.15) is 38.5 Å². The predicted octanol–water partition coefficient (Wildman–Crippen LogP) is 1.11. The van der Waals surface area contributed by atoms with Gasteiger partial charge in [-0.2, -0.15) is 0 Å². The number of hydrogen-bond acceptors (Lipinski definition) is 5. The largest absolute Gasteiger partial charge is 0.381 e. The maximum Gasteiger partial charge on any atom is 0.217 e. The Kier molecular flexibility index (Phi) is 4.57. The van der Waals surface area contributed by atoms with Gasteiger partial charge in [0.25, 0.3) is 0 Å². The van der Waals surface area contributed by atoms with E-state index in [2.05, 4.69) is 0 Å². The first-order chi connectivity index (χ1) is 10.0. The molecule has 3 fully saturated rings. The van der Waals surface area contributed by atoms with Gasteiger partial charge >= 0.3 is 0 Å². The highest BCUT2D eigenvalue weighted by Gasteiger charge is 2.43. The standard InChI is InChI=1S/C14H25NO5S/c1-15(21(16,17)13-4-8-18-9-5-13)12-2-6-14(7-3-12)19-10-11-20-14/h12-13H,2-11H2,1H3. The smallest absolute Gasteiger partial charge is 0.217 e. The third-order valence-electron chi connectivity index (χ3n) is 5.04. The molecule has 2 aliphatic heterocycles. The zero-order chi connectivity index (χ0) is 14.9. The van der Waals surface area contributed by atoms with Crippen LogP contribution in [0, 0.1) is 0 Å². The Morgan fingerprint density at radius 2 is 1.52 bits per heavy atom. The van der Waals surface area contributed by atoms with Gasteiger partial charge in [0.2, 0.25) is 10.0 Å². The van der Waals surface area contributed by atoms with E-state index in [1.807, 2.05) is 0 Å². The summed E-state index contributed by atoms with van der Waals surface area (Å²) in [6.07, 6.45) is 4.39. The Bertz CT molecular complexity index is 444. The predicted molar refractivity (Wildman–Crippen MR) is 77.4 cm³/mol. The summed E-state index contributed by atoms with van der Waals surface area (Å²) >= 11 is 0. The van der Waals surface area contributed by atoms with Crippen molar-refractivity contribution in [2.45, 2.75) is 55.6 Å². The van der Waals surface area contributed by atoms with Crippen molar-refractivity contribution in [1.82, 2.24) is 4.31 Å². The van der Waals surface area contributed by atoms with Crippen molar-refractivity contribution in [2.75, 3.05) is 33.5 Å². The molecule has 0 aromatic rings. The summed E-state index contributed by atoms with van der Waals surface area (Å²) in [7, 11) is -1.50. The molecule has 21 heavy (non-hydrogen) atoms. The van der Waals surface area contributed by atoms with E-state index in [-0.39, 0.29) is 11.3 Å². The minimum absolute atomic E-state index is 0.0660. The third kappa shape index (κ3) is 3.12. The first-order valence-electron chi connectivity index (χ1n) is 7.86. The van der Waals surface area contributed by atoms with Crippen molar-refractivity contribution in [3.8, 4) is 0 Å². The van der Waals surface area contributed by atoms with E-state index >= 15 is 0 Å². The number of rotatable bonds is 3. The van der Waals surface area contributed by atoms with Crippen LogP contribution in [0.25, 0.3) is 0 Å². The molecular formula is C14H25NO5S. The monoisotopic (exact) mass is 319 g/mol. The third-order valence-corrected chi connectivity index (χ3v) is 7.45. The Hall–Kier alpha value is -0.210. The van der Waals surface area contributed by atoms with Crippen LogP contribution in [0.5, 0.6) is 0 Å². The molecule has 122 valence electrons. The van der Waals surface area contributed by atoms with E-state index in [1.165, 1.54) is 0 Å². The summed E-state index contributed by atoms with van der Waals surface area (Å²) in [6.45, 7) is 2.40. The second-order valence-electron chi connectivity index (χ2n) is 6.21. The molecule has 0 atom stereocenters.